The van der Waals surface area contributed by atoms with Crippen LogP contribution in [-0.2, 0) is 0 Å². The lowest BCUT2D eigenvalue weighted by atomic mass is 10.1. The van der Waals surface area contributed by atoms with Crippen LogP contribution < -0.4 is 10.5 Å². The van der Waals surface area contributed by atoms with Crippen molar-refractivity contribution in [2.75, 3.05) is 0 Å². The van der Waals surface area contributed by atoms with E-state index < -0.39 is 0 Å². The van der Waals surface area contributed by atoms with Crippen molar-refractivity contribution >= 4 is 0 Å². The quantitative estimate of drug-likeness (QED) is 0.884. The van der Waals surface area contributed by atoms with Crippen molar-refractivity contribution in [2.24, 2.45) is 5.73 Å². The van der Waals surface area contributed by atoms with Gasteiger partial charge in [-0.1, -0.05) is 12.1 Å². The summed E-state index contributed by atoms with van der Waals surface area (Å²) in [5.41, 5.74) is 6.59. The number of pyridine rings is 1. The molecule has 3 nitrogen and oxygen atoms in total. The van der Waals surface area contributed by atoms with Crippen molar-refractivity contribution in [3.05, 3.63) is 54.0 Å². The summed E-state index contributed by atoms with van der Waals surface area (Å²) in [6.45, 7) is 1.84. The maximum Gasteiger partial charge on any atom is 0.223 e. The Morgan fingerprint density at radius 1 is 1.29 bits per heavy atom. The second kappa shape index (κ2) is 4.93. The maximum absolute atomic E-state index is 13.0. The minimum absolute atomic E-state index is 0.188. The molecule has 1 atom stereocenters. The molecule has 88 valence electrons. The Morgan fingerprint density at radius 3 is 2.82 bits per heavy atom. The van der Waals surface area contributed by atoms with E-state index in [1.807, 2.05) is 13.0 Å². The minimum atomic E-state index is -0.347. The Labute approximate surface area is 99.1 Å². The first kappa shape index (κ1) is 11.5. The Hall–Kier alpha value is -1.94. The summed E-state index contributed by atoms with van der Waals surface area (Å²) < 4.78 is 18.5. The van der Waals surface area contributed by atoms with Crippen molar-refractivity contribution in [1.29, 1.82) is 0 Å². The molecule has 0 saturated carbocycles. The highest BCUT2D eigenvalue weighted by Crippen LogP contribution is 2.26. The average molecular weight is 232 g/mol. The molecule has 0 aliphatic heterocycles. The summed E-state index contributed by atoms with van der Waals surface area (Å²) in [5.74, 6) is 0.472. The van der Waals surface area contributed by atoms with Crippen molar-refractivity contribution in [3.63, 3.8) is 0 Å². The van der Waals surface area contributed by atoms with Crippen molar-refractivity contribution in [3.8, 4) is 11.6 Å². The van der Waals surface area contributed by atoms with E-state index in [9.17, 15) is 4.39 Å². The normalized spacial score (nSPS) is 12.2. The Morgan fingerprint density at radius 2 is 2.12 bits per heavy atom. The molecule has 0 amide bonds. The Bertz CT molecular complexity index is 514. The number of nitrogens with two attached hydrogens (primary N) is 1. The first-order chi connectivity index (χ1) is 8.16. The van der Waals surface area contributed by atoms with Crippen molar-refractivity contribution in [1.82, 2.24) is 4.98 Å². The smallest absolute Gasteiger partial charge is 0.223 e. The molecule has 0 aliphatic rings. The number of aromatic nitrogens is 1. The molecule has 0 bridgehead atoms. The van der Waals surface area contributed by atoms with Crippen LogP contribution in [0.1, 0.15) is 18.5 Å². The Kier molecular flexibility index (Phi) is 3.35. The Balaban J connectivity index is 2.30. The van der Waals surface area contributed by atoms with Gasteiger partial charge in [-0.15, -0.1) is 0 Å². The molecular weight excluding hydrogens is 219 g/mol. The molecule has 0 radical (unpaired) electrons. The van der Waals surface area contributed by atoms with Gasteiger partial charge in [0.1, 0.15) is 11.6 Å². The molecule has 2 aromatic rings. The van der Waals surface area contributed by atoms with E-state index in [1.165, 1.54) is 12.1 Å². The van der Waals surface area contributed by atoms with E-state index in [0.29, 0.717) is 11.6 Å². The van der Waals surface area contributed by atoms with Gasteiger partial charge in [0.05, 0.1) is 0 Å². The van der Waals surface area contributed by atoms with E-state index in [1.54, 1.807) is 24.4 Å². The number of benzene rings is 1. The number of ether oxygens (including phenoxy) is 1. The van der Waals surface area contributed by atoms with Gasteiger partial charge >= 0.3 is 0 Å². The van der Waals surface area contributed by atoms with Crippen LogP contribution in [0.15, 0.2) is 42.6 Å². The lowest BCUT2D eigenvalue weighted by Crippen LogP contribution is -2.07. The molecule has 0 spiro atoms. The highest BCUT2D eigenvalue weighted by molar-refractivity contribution is 5.33. The van der Waals surface area contributed by atoms with Gasteiger partial charge in [-0.25, -0.2) is 9.37 Å². The lowest BCUT2D eigenvalue weighted by Gasteiger charge is -2.11. The van der Waals surface area contributed by atoms with Gasteiger partial charge in [-0.3, -0.25) is 0 Å². The molecule has 2 rings (SSSR count). The second-order valence-electron chi connectivity index (χ2n) is 3.75. The average Bonchev–Trinajstić information content (AvgIpc) is 2.29. The molecule has 0 aliphatic carbocycles. The number of hydrogen-bond donors (Lipinski definition) is 1. The molecule has 0 fully saturated rings. The highest BCUT2D eigenvalue weighted by Gasteiger charge is 2.09. The van der Waals surface area contributed by atoms with Crippen molar-refractivity contribution in [2.45, 2.75) is 13.0 Å². The van der Waals surface area contributed by atoms with Crippen LogP contribution in [0.4, 0.5) is 4.39 Å². The van der Waals surface area contributed by atoms with Gasteiger partial charge in [0.2, 0.25) is 5.88 Å². The summed E-state index contributed by atoms with van der Waals surface area (Å²) >= 11 is 0. The standard InChI is InChI=1S/C13H13FN2O/c1-9(15)12-6-3-7-16-13(12)17-11-5-2-4-10(14)8-11/h2-9H,15H2,1H3/t9-/m0/s1. The monoisotopic (exact) mass is 232 g/mol. The van der Waals surface area contributed by atoms with Crippen LogP contribution in [0.2, 0.25) is 0 Å². The predicted octanol–water partition coefficient (Wildman–Crippen LogP) is 3.03. The second-order valence-corrected chi connectivity index (χ2v) is 3.75. The maximum atomic E-state index is 13.0. The third-order valence-corrected chi connectivity index (χ3v) is 2.30. The molecule has 1 aromatic carbocycles. The summed E-state index contributed by atoms with van der Waals surface area (Å²) in [6.07, 6.45) is 1.61. The topological polar surface area (TPSA) is 48.1 Å². The zero-order valence-electron chi connectivity index (χ0n) is 9.43. The third-order valence-electron chi connectivity index (χ3n) is 2.30. The van der Waals surface area contributed by atoms with E-state index in [4.69, 9.17) is 10.5 Å². The number of halogens is 1. The molecule has 4 heteroatoms. The van der Waals surface area contributed by atoms with Crippen LogP contribution in [-0.4, -0.2) is 4.98 Å². The fourth-order valence-corrected chi connectivity index (χ4v) is 1.48. The molecule has 0 saturated heterocycles. The number of hydrogen-bond acceptors (Lipinski definition) is 3. The van der Waals surface area contributed by atoms with Gasteiger partial charge in [-0.2, -0.15) is 0 Å². The fourth-order valence-electron chi connectivity index (χ4n) is 1.48. The number of rotatable bonds is 3. The molecular formula is C13H13FN2O. The van der Waals surface area contributed by atoms with Gasteiger partial charge < -0.3 is 10.5 Å². The SMILES string of the molecule is C[C@H](N)c1cccnc1Oc1cccc(F)c1. The first-order valence-electron chi connectivity index (χ1n) is 5.31. The molecule has 1 aromatic heterocycles. The predicted molar refractivity (Wildman–Crippen MR) is 63.3 cm³/mol. The van der Waals surface area contributed by atoms with Crippen LogP contribution >= 0.6 is 0 Å². The third kappa shape index (κ3) is 2.79. The summed E-state index contributed by atoms with van der Waals surface area (Å²) in [7, 11) is 0. The molecule has 2 N–H and O–H groups in total. The van der Waals surface area contributed by atoms with Crippen LogP contribution in [0.5, 0.6) is 11.6 Å². The fraction of sp³-hybridized carbons (Fsp3) is 0.154. The van der Waals surface area contributed by atoms with Crippen LogP contribution in [0.3, 0.4) is 0 Å². The van der Waals surface area contributed by atoms with Gasteiger partial charge in [-0.05, 0) is 25.1 Å². The highest BCUT2D eigenvalue weighted by atomic mass is 19.1. The van der Waals surface area contributed by atoms with Gasteiger partial charge in [0.15, 0.2) is 0 Å². The van der Waals surface area contributed by atoms with Crippen LogP contribution in [0, 0.1) is 5.82 Å². The van der Waals surface area contributed by atoms with E-state index in [0.717, 1.165) is 5.56 Å². The summed E-state index contributed by atoms with van der Waals surface area (Å²) in [4.78, 5) is 4.10. The zero-order chi connectivity index (χ0) is 12.3. The molecule has 17 heavy (non-hydrogen) atoms. The molecule has 1 heterocycles. The lowest BCUT2D eigenvalue weighted by molar-refractivity contribution is 0.448. The molecule has 0 unspecified atom stereocenters. The number of nitrogens with zero attached hydrogens (tertiary/aromatic N) is 1. The van der Waals surface area contributed by atoms with E-state index >= 15 is 0 Å². The minimum Gasteiger partial charge on any atom is -0.439 e. The van der Waals surface area contributed by atoms with Gasteiger partial charge in [0, 0.05) is 23.9 Å². The van der Waals surface area contributed by atoms with Gasteiger partial charge in [0.25, 0.3) is 0 Å². The largest absolute Gasteiger partial charge is 0.439 e. The van der Waals surface area contributed by atoms with E-state index in [2.05, 4.69) is 4.98 Å². The van der Waals surface area contributed by atoms with Crippen molar-refractivity contribution < 1.29 is 9.13 Å². The summed E-state index contributed by atoms with van der Waals surface area (Å²) in [6, 6.07) is 9.36. The first-order valence-corrected chi connectivity index (χ1v) is 5.31. The van der Waals surface area contributed by atoms with E-state index in [-0.39, 0.29) is 11.9 Å². The summed E-state index contributed by atoms with van der Waals surface area (Å²) in [5, 5.41) is 0. The zero-order valence-corrected chi connectivity index (χ0v) is 9.43. The van der Waals surface area contributed by atoms with Crippen LogP contribution in [0.25, 0.3) is 0 Å².